The monoisotopic (exact) mass is 176 g/mol. The molecule has 2 amide bonds. The van der Waals surface area contributed by atoms with E-state index in [9.17, 15) is 9.59 Å². The molecule has 6 nitrogen and oxygen atoms in total. The maximum Gasteiger partial charge on any atom is 0.404 e. The molecular weight excluding hydrogens is 164 g/mol. The first kappa shape index (κ1) is 10.5. The molecule has 0 rings (SSSR count). The van der Waals surface area contributed by atoms with Gasteiger partial charge in [0, 0.05) is 12.6 Å². The van der Waals surface area contributed by atoms with Crippen molar-refractivity contribution in [1.29, 1.82) is 0 Å². The van der Waals surface area contributed by atoms with Crippen LogP contribution in [0.25, 0.3) is 0 Å². The quantitative estimate of drug-likeness (QED) is 0.495. The van der Waals surface area contributed by atoms with Crippen LogP contribution in [0, 0.1) is 0 Å². The van der Waals surface area contributed by atoms with Gasteiger partial charge in [-0.25, -0.2) is 9.59 Å². The van der Waals surface area contributed by atoms with Crippen LogP contribution in [0.5, 0.6) is 0 Å². The average Bonchev–Trinajstić information content (AvgIpc) is 1.97. The van der Waals surface area contributed by atoms with Crippen molar-refractivity contribution in [1.82, 2.24) is 10.6 Å². The molecule has 0 spiro atoms. The van der Waals surface area contributed by atoms with E-state index in [0.29, 0.717) is 6.42 Å². The zero-order valence-corrected chi connectivity index (χ0v) is 6.70. The normalized spacial score (nSPS) is 11.8. The molecule has 0 aliphatic heterocycles. The van der Waals surface area contributed by atoms with Crippen LogP contribution in [0.3, 0.4) is 0 Å². The van der Waals surface area contributed by atoms with Crippen molar-refractivity contribution in [2.45, 2.75) is 19.4 Å². The fourth-order valence-corrected chi connectivity index (χ4v) is 0.683. The Morgan fingerprint density at radius 2 is 1.92 bits per heavy atom. The van der Waals surface area contributed by atoms with Gasteiger partial charge in [0.2, 0.25) is 0 Å². The highest BCUT2D eigenvalue weighted by Crippen LogP contribution is 1.88. The highest BCUT2D eigenvalue weighted by atomic mass is 16.4. The van der Waals surface area contributed by atoms with Crippen LogP contribution in [0.1, 0.15) is 13.3 Å². The molecule has 4 N–H and O–H groups in total. The van der Waals surface area contributed by atoms with E-state index >= 15 is 0 Å². The van der Waals surface area contributed by atoms with E-state index in [1.807, 2.05) is 0 Å². The zero-order valence-electron chi connectivity index (χ0n) is 6.70. The Morgan fingerprint density at radius 3 is 2.25 bits per heavy atom. The molecule has 1 unspecified atom stereocenters. The molecule has 0 bridgehead atoms. The number of amides is 2. The Kier molecular flexibility index (Phi) is 4.59. The van der Waals surface area contributed by atoms with Crippen LogP contribution in [0.4, 0.5) is 9.59 Å². The van der Waals surface area contributed by atoms with E-state index in [2.05, 4.69) is 10.6 Å². The largest absolute Gasteiger partial charge is 0.465 e. The number of nitrogens with one attached hydrogen (secondary N) is 2. The average molecular weight is 176 g/mol. The molecule has 0 saturated carbocycles. The van der Waals surface area contributed by atoms with Crippen LogP contribution in [0.15, 0.2) is 0 Å². The summed E-state index contributed by atoms with van der Waals surface area (Å²) in [6.45, 7) is 1.86. The second kappa shape index (κ2) is 5.22. The van der Waals surface area contributed by atoms with E-state index < -0.39 is 12.2 Å². The van der Waals surface area contributed by atoms with Crippen molar-refractivity contribution in [3.8, 4) is 0 Å². The second-order valence-corrected chi connectivity index (χ2v) is 2.24. The van der Waals surface area contributed by atoms with Gasteiger partial charge in [-0.3, -0.25) is 0 Å². The first-order valence-electron chi connectivity index (χ1n) is 3.52. The van der Waals surface area contributed by atoms with Gasteiger partial charge in [0.25, 0.3) is 0 Å². The topological polar surface area (TPSA) is 98.7 Å². The number of hydrogen-bond acceptors (Lipinski definition) is 2. The van der Waals surface area contributed by atoms with Crippen LogP contribution >= 0.6 is 0 Å². The van der Waals surface area contributed by atoms with E-state index in [-0.39, 0.29) is 12.6 Å². The van der Waals surface area contributed by atoms with Crippen molar-refractivity contribution < 1.29 is 19.8 Å². The van der Waals surface area contributed by atoms with Crippen LogP contribution < -0.4 is 10.6 Å². The summed E-state index contributed by atoms with van der Waals surface area (Å²) in [4.78, 5) is 20.1. The van der Waals surface area contributed by atoms with Crippen LogP contribution in [-0.4, -0.2) is 35.0 Å². The Balaban J connectivity index is 3.67. The number of carbonyl (C=O) groups is 2. The maximum atomic E-state index is 10.1. The van der Waals surface area contributed by atoms with Gasteiger partial charge in [-0.05, 0) is 6.42 Å². The Morgan fingerprint density at radius 1 is 1.33 bits per heavy atom. The summed E-state index contributed by atoms with van der Waals surface area (Å²) in [5.74, 6) is 0. The van der Waals surface area contributed by atoms with E-state index in [1.165, 1.54) is 0 Å². The lowest BCUT2D eigenvalue weighted by Gasteiger charge is -2.13. The standard InChI is InChI=1S/C6H12N2O4/c1-2-4(8-6(11)12)3-7-5(9)10/h4,7-8H,2-3H2,1H3,(H,9,10)(H,11,12). The third-order valence-electron chi connectivity index (χ3n) is 1.32. The summed E-state index contributed by atoms with van der Waals surface area (Å²) in [6, 6.07) is -0.362. The highest BCUT2D eigenvalue weighted by molar-refractivity contribution is 5.66. The molecule has 6 heteroatoms. The minimum atomic E-state index is -1.15. The molecular formula is C6H12N2O4. The third kappa shape index (κ3) is 5.33. The first-order valence-corrected chi connectivity index (χ1v) is 3.52. The zero-order chi connectivity index (χ0) is 9.56. The fourth-order valence-electron chi connectivity index (χ4n) is 0.683. The lowest BCUT2D eigenvalue weighted by molar-refractivity contribution is 0.183. The Hall–Kier alpha value is -1.46. The molecule has 0 aromatic heterocycles. The molecule has 0 saturated heterocycles. The third-order valence-corrected chi connectivity index (χ3v) is 1.32. The summed E-state index contributed by atoms with van der Waals surface area (Å²) in [7, 11) is 0. The lowest BCUT2D eigenvalue weighted by atomic mass is 10.2. The van der Waals surface area contributed by atoms with Gasteiger partial charge in [0.15, 0.2) is 0 Å². The molecule has 0 heterocycles. The van der Waals surface area contributed by atoms with E-state index in [4.69, 9.17) is 10.2 Å². The van der Waals surface area contributed by atoms with Gasteiger partial charge in [0.05, 0.1) is 0 Å². The van der Waals surface area contributed by atoms with Gasteiger partial charge in [-0.15, -0.1) is 0 Å². The van der Waals surface area contributed by atoms with Gasteiger partial charge in [-0.1, -0.05) is 6.92 Å². The summed E-state index contributed by atoms with van der Waals surface area (Å²) in [6.07, 6.45) is -1.75. The molecule has 0 aromatic carbocycles. The SMILES string of the molecule is CCC(CNC(=O)O)NC(=O)O. The minimum absolute atomic E-state index is 0.0954. The lowest BCUT2D eigenvalue weighted by Crippen LogP contribution is -2.42. The first-order chi connectivity index (χ1) is 5.56. The molecule has 12 heavy (non-hydrogen) atoms. The summed E-state index contributed by atoms with van der Waals surface area (Å²) < 4.78 is 0. The van der Waals surface area contributed by atoms with Gasteiger partial charge < -0.3 is 20.8 Å². The molecule has 0 fully saturated rings. The number of hydrogen-bond donors (Lipinski definition) is 4. The smallest absolute Gasteiger partial charge is 0.404 e. The van der Waals surface area contributed by atoms with Gasteiger partial charge in [-0.2, -0.15) is 0 Å². The maximum absolute atomic E-state index is 10.1. The molecule has 0 radical (unpaired) electrons. The molecule has 70 valence electrons. The number of carboxylic acid groups (broad SMARTS) is 2. The van der Waals surface area contributed by atoms with E-state index in [0.717, 1.165) is 0 Å². The predicted molar refractivity (Wildman–Crippen MR) is 41.3 cm³/mol. The number of rotatable bonds is 4. The Bertz CT molecular complexity index is 171. The van der Waals surface area contributed by atoms with Gasteiger partial charge >= 0.3 is 12.2 Å². The Labute approximate surface area is 69.6 Å². The van der Waals surface area contributed by atoms with Crippen molar-refractivity contribution >= 4 is 12.2 Å². The van der Waals surface area contributed by atoms with Crippen molar-refractivity contribution in [3.05, 3.63) is 0 Å². The fraction of sp³-hybridized carbons (Fsp3) is 0.667. The summed E-state index contributed by atoms with van der Waals surface area (Å²) >= 11 is 0. The highest BCUT2D eigenvalue weighted by Gasteiger charge is 2.09. The summed E-state index contributed by atoms with van der Waals surface area (Å²) in [5.41, 5.74) is 0. The minimum Gasteiger partial charge on any atom is -0.465 e. The van der Waals surface area contributed by atoms with Crippen LogP contribution in [-0.2, 0) is 0 Å². The van der Waals surface area contributed by atoms with Gasteiger partial charge in [0.1, 0.15) is 0 Å². The van der Waals surface area contributed by atoms with Crippen LogP contribution in [0.2, 0.25) is 0 Å². The molecule has 1 atom stereocenters. The van der Waals surface area contributed by atoms with E-state index in [1.54, 1.807) is 6.92 Å². The molecule has 0 aromatic rings. The molecule has 0 aliphatic rings. The van der Waals surface area contributed by atoms with Crippen molar-refractivity contribution in [2.75, 3.05) is 6.54 Å². The predicted octanol–water partition coefficient (Wildman–Crippen LogP) is 0.300. The summed E-state index contributed by atoms with van der Waals surface area (Å²) in [5, 5.41) is 20.8. The second-order valence-electron chi connectivity index (χ2n) is 2.24. The van der Waals surface area contributed by atoms with Crippen molar-refractivity contribution in [2.24, 2.45) is 0 Å². The molecule has 0 aliphatic carbocycles. The van der Waals surface area contributed by atoms with Crippen molar-refractivity contribution in [3.63, 3.8) is 0 Å².